The Kier molecular flexibility index (Phi) is 9.20. The number of nitrogens with zero attached hydrogens (tertiary/aromatic N) is 2. The van der Waals surface area contributed by atoms with Crippen molar-refractivity contribution in [3.05, 3.63) is 57.5 Å². The van der Waals surface area contributed by atoms with E-state index in [2.05, 4.69) is 4.90 Å². The van der Waals surface area contributed by atoms with Crippen LogP contribution in [0, 0.1) is 0 Å². The summed E-state index contributed by atoms with van der Waals surface area (Å²) in [5, 5.41) is 0.825. The molecule has 0 amide bonds. The van der Waals surface area contributed by atoms with Gasteiger partial charge in [0.15, 0.2) is 9.84 Å². The van der Waals surface area contributed by atoms with Gasteiger partial charge in [-0.15, -0.1) is 0 Å². The number of hydrogen-bond donors (Lipinski definition) is 0. The third-order valence-corrected chi connectivity index (χ3v) is 10.4. The first kappa shape index (κ1) is 27.6. The average molecular weight is 568 g/mol. The smallest absolute Gasteiger partial charge is 0.264 e. The third-order valence-electron chi connectivity index (χ3n) is 6.10. The Hall–Kier alpha value is -1.03. The zero-order valence-electron chi connectivity index (χ0n) is 19.1. The molecular weight excluding hydrogens is 539 g/mol. The topological polar surface area (TPSA) is 74.8 Å². The van der Waals surface area contributed by atoms with Crippen molar-refractivity contribution in [2.24, 2.45) is 0 Å². The molecule has 2 aromatic rings. The molecule has 3 rings (SSSR count). The highest BCUT2D eigenvalue weighted by Crippen LogP contribution is 2.35. The van der Waals surface area contributed by atoms with Crippen molar-refractivity contribution in [3.63, 3.8) is 0 Å². The zero-order chi connectivity index (χ0) is 25.1. The highest BCUT2D eigenvalue weighted by Gasteiger charge is 2.32. The van der Waals surface area contributed by atoms with E-state index in [1.807, 2.05) is 6.92 Å². The van der Waals surface area contributed by atoms with Crippen LogP contribution in [0.4, 0.5) is 5.69 Å². The molecule has 1 aliphatic rings. The predicted octanol–water partition coefficient (Wildman–Crippen LogP) is 5.52. The molecule has 0 aromatic heterocycles. The minimum atomic E-state index is -3.93. The minimum absolute atomic E-state index is 0.115. The van der Waals surface area contributed by atoms with Gasteiger partial charge in [-0.25, -0.2) is 16.8 Å². The molecule has 188 valence electrons. The maximum atomic E-state index is 13.6. The highest BCUT2D eigenvalue weighted by molar-refractivity contribution is 7.93. The normalized spacial score (nSPS) is 18.2. The minimum Gasteiger partial charge on any atom is -0.302 e. The summed E-state index contributed by atoms with van der Waals surface area (Å²) >= 11 is 18.5. The van der Waals surface area contributed by atoms with Crippen LogP contribution in [0.3, 0.4) is 0 Å². The number of sulfone groups is 1. The molecule has 0 saturated carbocycles. The van der Waals surface area contributed by atoms with Crippen molar-refractivity contribution in [3.8, 4) is 0 Å². The average Bonchev–Trinajstić information content (AvgIpc) is 3.24. The number of rotatable bonds is 10. The molecule has 1 saturated heterocycles. The number of halogens is 3. The third kappa shape index (κ3) is 6.80. The summed E-state index contributed by atoms with van der Waals surface area (Å²) in [6, 6.07) is 10.4. The molecule has 6 nitrogen and oxygen atoms in total. The molecule has 1 heterocycles. The zero-order valence-corrected chi connectivity index (χ0v) is 23.0. The number of hydrogen-bond acceptors (Lipinski definition) is 5. The van der Waals surface area contributed by atoms with Crippen LogP contribution < -0.4 is 4.31 Å². The summed E-state index contributed by atoms with van der Waals surface area (Å²) in [5.41, 5.74) is 0.326. The van der Waals surface area contributed by atoms with Gasteiger partial charge in [-0.2, -0.15) is 0 Å². The molecule has 0 spiro atoms. The van der Waals surface area contributed by atoms with Crippen LogP contribution in [-0.2, 0) is 19.9 Å². The molecule has 1 aliphatic heterocycles. The number of anilines is 1. The maximum Gasteiger partial charge on any atom is 0.264 e. The molecule has 2 atom stereocenters. The van der Waals surface area contributed by atoms with Gasteiger partial charge in [0.05, 0.1) is 20.9 Å². The van der Waals surface area contributed by atoms with Gasteiger partial charge in [-0.3, -0.25) is 4.31 Å². The van der Waals surface area contributed by atoms with Gasteiger partial charge < -0.3 is 4.90 Å². The van der Waals surface area contributed by atoms with E-state index < -0.39 is 19.9 Å². The first-order valence-electron chi connectivity index (χ1n) is 11.1. The van der Waals surface area contributed by atoms with Gasteiger partial charge in [0.25, 0.3) is 10.0 Å². The van der Waals surface area contributed by atoms with Crippen LogP contribution in [0.2, 0.25) is 15.1 Å². The summed E-state index contributed by atoms with van der Waals surface area (Å²) in [7, 11) is -6.95. The molecule has 1 fully saturated rings. The second-order valence-electron chi connectivity index (χ2n) is 8.74. The fourth-order valence-corrected chi connectivity index (χ4v) is 7.48. The quantitative estimate of drug-likeness (QED) is 0.354. The second-order valence-corrected chi connectivity index (χ2v) is 14.2. The van der Waals surface area contributed by atoms with Crippen LogP contribution in [0.15, 0.2) is 47.4 Å². The van der Waals surface area contributed by atoms with E-state index in [4.69, 9.17) is 34.8 Å². The van der Waals surface area contributed by atoms with E-state index >= 15 is 0 Å². The SMILES string of the molecule is CC(CCCCN1CCC(S(C)(=O)=O)C1)N(c1cc(Cl)ccc1Cl)S(=O)(=O)c1ccc(Cl)cc1. The van der Waals surface area contributed by atoms with Gasteiger partial charge in [0.1, 0.15) is 0 Å². The van der Waals surface area contributed by atoms with E-state index in [9.17, 15) is 16.8 Å². The predicted molar refractivity (Wildman–Crippen MR) is 141 cm³/mol. The van der Waals surface area contributed by atoms with Crippen molar-refractivity contribution < 1.29 is 16.8 Å². The number of likely N-dealkylation sites (tertiary alicyclic amines) is 1. The van der Waals surface area contributed by atoms with Crippen molar-refractivity contribution in [2.45, 2.75) is 48.8 Å². The Bertz CT molecular complexity index is 1210. The van der Waals surface area contributed by atoms with Crippen LogP contribution in [0.25, 0.3) is 0 Å². The fraction of sp³-hybridized carbons (Fsp3) is 0.478. The number of benzene rings is 2. The van der Waals surface area contributed by atoms with Crippen LogP contribution >= 0.6 is 34.8 Å². The lowest BCUT2D eigenvalue weighted by atomic mass is 10.1. The number of unbranched alkanes of at least 4 members (excludes halogenated alkanes) is 1. The molecule has 2 unspecified atom stereocenters. The molecule has 0 aliphatic carbocycles. The Balaban J connectivity index is 1.73. The Morgan fingerprint density at radius 2 is 1.65 bits per heavy atom. The van der Waals surface area contributed by atoms with Gasteiger partial charge >= 0.3 is 0 Å². The summed E-state index contributed by atoms with van der Waals surface area (Å²) in [4.78, 5) is 2.27. The van der Waals surface area contributed by atoms with Crippen molar-refractivity contribution in [1.29, 1.82) is 0 Å². The van der Waals surface area contributed by atoms with Gasteiger partial charge in [-0.1, -0.05) is 41.2 Å². The molecular formula is C23H29Cl3N2O4S2. The monoisotopic (exact) mass is 566 g/mol. The highest BCUT2D eigenvalue weighted by atomic mass is 35.5. The fourth-order valence-electron chi connectivity index (χ4n) is 4.22. The molecule has 0 N–H and O–H groups in total. The molecule has 11 heteroatoms. The molecule has 34 heavy (non-hydrogen) atoms. The lowest BCUT2D eigenvalue weighted by Gasteiger charge is -2.31. The van der Waals surface area contributed by atoms with Crippen molar-refractivity contribution >= 4 is 60.4 Å². The van der Waals surface area contributed by atoms with Crippen LogP contribution in [-0.4, -0.2) is 58.9 Å². The van der Waals surface area contributed by atoms with Crippen molar-refractivity contribution in [2.75, 3.05) is 30.2 Å². The van der Waals surface area contributed by atoms with E-state index in [1.165, 1.54) is 34.8 Å². The van der Waals surface area contributed by atoms with E-state index in [0.717, 1.165) is 25.9 Å². The van der Waals surface area contributed by atoms with E-state index in [1.54, 1.807) is 18.2 Å². The first-order chi connectivity index (χ1) is 15.9. The standard InChI is InChI=1S/C23H29Cl3N2O4S2/c1-17(5-3-4-13-27-14-12-21(16-27)33(2,29)30)28(23-15-19(25)8-11-22(23)26)34(31,32)20-9-6-18(24)7-10-20/h6-11,15,17,21H,3-5,12-14,16H2,1-2H3. The van der Waals surface area contributed by atoms with Crippen LogP contribution in [0.1, 0.15) is 32.6 Å². The first-order valence-corrected chi connectivity index (χ1v) is 15.6. The van der Waals surface area contributed by atoms with Crippen LogP contribution in [0.5, 0.6) is 0 Å². The molecule has 2 aromatic carbocycles. The summed E-state index contributed by atoms with van der Waals surface area (Å²) in [5.74, 6) is 0. The maximum absolute atomic E-state index is 13.6. The summed E-state index contributed by atoms with van der Waals surface area (Å²) in [6.45, 7) is 3.95. The van der Waals surface area contributed by atoms with Gasteiger partial charge in [0, 0.05) is 28.9 Å². The second kappa shape index (κ2) is 11.4. The van der Waals surface area contributed by atoms with Gasteiger partial charge in [0.2, 0.25) is 0 Å². The lowest BCUT2D eigenvalue weighted by molar-refractivity contribution is 0.327. The summed E-state index contributed by atoms with van der Waals surface area (Å²) < 4.78 is 52.2. The van der Waals surface area contributed by atoms with E-state index in [-0.39, 0.29) is 21.2 Å². The molecule has 0 bridgehead atoms. The Morgan fingerprint density at radius 1 is 1.00 bits per heavy atom. The van der Waals surface area contributed by atoms with Crippen molar-refractivity contribution in [1.82, 2.24) is 4.90 Å². The summed E-state index contributed by atoms with van der Waals surface area (Å²) in [6.07, 6.45) is 4.15. The number of sulfonamides is 1. The Morgan fingerprint density at radius 3 is 2.26 bits per heavy atom. The van der Waals surface area contributed by atoms with E-state index in [0.29, 0.717) is 35.1 Å². The molecule has 0 radical (unpaired) electrons. The van der Waals surface area contributed by atoms with Gasteiger partial charge in [-0.05, 0) is 81.7 Å². The largest absolute Gasteiger partial charge is 0.302 e. The Labute approximate surface area is 217 Å². The lowest BCUT2D eigenvalue weighted by Crippen LogP contribution is -2.39.